The van der Waals surface area contributed by atoms with E-state index in [2.05, 4.69) is 264 Å². The summed E-state index contributed by atoms with van der Waals surface area (Å²) in [6.07, 6.45) is 0. The highest BCUT2D eigenvalue weighted by atomic mass is 15.1. The van der Waals surface area contributed by atoms with Crippen LogP contribution in [0.5, 0.6) is 0 Å². The van der Waals surface area contributed by atoms with Crippen molar-refractivity contribution >= 4 is 60.4 Å². The van der Waals surface area contributed by atoms with Gasteiger partial charge in [-0.25, -0.2) is 0 Å². The second-order valence-electron chi connectivity index (χ2n) is 16.4. The van der Waals surface area contributed by atoms with E-state index in [1.807, 2.05) is 0 Å². The Hall–Kier alpha value is -8.46. The highest BCUT2D eigenvalue weighted by Crippen LogP contribution is 2.46. The zero-order chi connectivity index (χ0) is 42.4. The Kier molecular flexibility index (Phi) is 9.20. The molecule has 0 saturated heterocycles. The summed E-state index contributed by atoms with van der Waals surface area (Å²) < 4.78 is 2.38. The molecule has 0 radical (unpaired) electrons. The van der Waals surface area contributed by atoms with Crippen LogP contribution in [0.2, 0.25) is 0 Å². The highest BCUT2D eigenvalue weighted by Gasteiger charge is 2.20. The number of rotatable bonds is 8. The van der Waals surface area contributed by atoms with Gasteiger partial charge in [-0.15, -0.1) is 0 Å². The molecule has 12 rings (SSSR count). The lowest BCUT2D eigenvalue weighted by molar-refractivity contribution is 1.18. The zero-order valence-electron chi connectivity index (χ0n) is 35.1. The number of para-hydroxylation sites is 3. The molecule has 64 heavy (non-hydrogen) atoms. The molecule has 1 aromatic heterocycles. The Morgan fingerprint density at radius 2 is 0.734 bits per heavy atom. The quantitative estimate of drug-likeness (QED) is 0.139. The molecule has 0 N–H and O–H groups in total. The standard InChI is InChI=1S/C62H42N2/c1-5-18-45(19-6-1)60-55-27-14-13-26-53(55)54-41-36-47(42-57(54)61(60)46-20-7-2-8-21-46)43-32-37-50(38-33-43)63(48-22-9-3-10-23-48)51-39-34-44(35-40-51)52-29-17-31-59-62(52)56-28-15-16-30-58(56)64(59)49-24-11-4-12-25-49/h1-42H. The predicted molar refractivity (Wildman–Crippen MR) is 272 cm³/mol. The second kappa shape index (κ2) is 15.8. The first-order chi connectivity index (χ1) is 31.8. The average molecular weight is 815 g/mol. The lowest BCUT2D eigenvalue weighted by Crippen LogP contribution is -2.09. The summed E-state index contributed by atoms with van der Waals surface area (Å²) in [5.41, 5.74) is 16.6. The first kappa shape index (κ1) is 37.3. The first-order valence-electron chi connectivity index (χ1n) is 22.0. The SMILES string of the molecule is c1ccc(-c2c(-c3ccccc3)c3cc(-c4ccc(N(c5ccccc5)c5ccc(-c6cccc7c6c6ccccc6n7-c6ccccc6)cc5)cc4)ccc3c3ccccc23)cc1. The van der Waals surface area contributed by atoms with Gasteiger partial charge < -0.3 is 9.47 Å². The number of hydrogen-bond donors (Lipinski definition) is 0. The van der Waals surface area contributed by atoms with Gasteiger partial charge >= 0.3 is 0 Å². The largest absolute Gasteiger partial charge is 0.311 e. The molecule has 2 heteroatoms. The average Bonchev–Trinajstić information content (AvgIpc) is 3.72. The third kappa shape index (κ3) is 6.35. The predicted octanol–water partition coefficient (Wildman–Crippen LogP) is 17.2. The van der Waals surface area contributed by atoms with E-state index in [1.165, 1.54) is 87.9 Å². The third-order valence-electron chi connectivity index (χ3n) is 12.8. The van der Waals surface area contributed by atoms with E-state index >= 15 is 0 Å². The molecule has 0 fully saturated rings. The molecule has 0 unspecified atom stereocenters. The van der Waals surface area contributed by atoms with E-state index in [9.17, 15) is 0 Å². The lowest BCUT2D eigenvalue weighted by atomic mass is 9.84. The summed E-state index contributed by atoms with van der Waals surface area (Å²) in [5.74, 6) is 0. The van der Waals surface area contributed by atoms with E-state index < -0.39 is 0 Å². The van der Waals surface area contributed by atoms with Gasteiger partial charge in [0, 0.05) is 33.5 Å². The molecule has 0 bridgehead atoms. The maximum Gasteiger partial charge on any atom is 0.0547 e. The molecule has 11 aromatic carbocycles. The van der Waals surface area contributed by atoms with Gasteiger partial charge in [0.05, 0.1) is 11.0 Å². The fourth-order valence-corrected chi connectivity index (χ4v) is 9.91. The number of aromatic nitrogens is 1. The molecule has 0 aliphatic rings. The number of hydrogen-bond acceptors (Lipinski definition) is 1. The van der Waals surface area contributed by atoms with Crippen LogP contribution in [0.1, 0.15) is 0 Å². The minimum Gasteiger partial charge on any atom is -0.311 e. The molecule has 12 aromatic rings. The van der Waals surface area contributed by atoms with E-state index in [0.717, 1.165) is 22.7 Å². The minimum absolute atomic E-state index is 1.10. The van der Waals surface area contributed by atoms with Crippen molar-refractivity contribution in [3.8, 4) is 50.2 Å². The summed E-state index contributed by atoms with van der Waals surface area (Å²) in [7, 11) is 0. The molecule has 1 heterocycles. The van der Waals surface area contributed by atoms with E-state index in [0.29, 0.717) is 0 Å². The van der Waals surface area contributed by atoms with Crippen molar-refractivity contribution in [2.45, 2.75) is 0 Å². The van der Waals surface area contributed by atoms with Crippen LogP contribution in [0.3, 0.4) is 0 Å². The summed E-state index contributed by atoms with van der Waals surface area (Å²) in [4.78, 5) is 2.35. The summed E-state index contributed by atoms with van der Waals surface area (Å²) in [6.45, 7) is 0. The van der Waals surface area contributed by atoms with Crippen molar-refractivity contribution in [3.05, 3.63) is 255 Å². The molecule has 0 saturated carbocycles. The van der Waals surface area contributed by atoms with Crippen molar-refractivity contribution < 1.29 is 0 Å². The molecule has 0 spiro atoms. The Bertz CT molecular complexity index is 3610. The number of fused-ring (bicyclic) bond motifs is 6. The molecule has 0 aliphatic heterocycles. The fraction of sp³-hybridized carbons (Fsp3) is 0. The van der Waals surface area contributed by atoms with Crippen LogP contribution >= 0.6 is 0 Å². The second-order valence-corrected chi connectivity index (χ2v) is 16.4. The minimum atomic E-state index is 1.10. The van der Waals surface area contributed by atoms with Crippen LogP contribution in [-0.2, 0) is 0 Å². The van der Waals surface area contributed by atoms with Crippen molar-refractivity contribution in [2.75, 3.05) is 4.90 Å². The van der Waals surface area contributed by atoms with Crippen molar-refractivity contribution in [1.29, 1.82) is 0 Å². The highest BCUT2D eigenvalue weighted by molar-refractivity contribution is 6.22. The molecule has 0 atom stereocenters. The Balaban J connectivity index is 0.952. The maximum absolute atomic E-state index is 2.40. The molecule has 300 valence electrons. The molecular weight excluding hydrogens is 773 g/mol. The van der Waals surface area contributed by atoms with Crippen LogP contribution in [-0.4, -0.2) is 4.57 Å². The Labute approximate surface area is 373 Å². The molecule has 2 nitrogen and oxygen atoms in total. The lowest BCUT2D eigenvalue weighted by Gasteiger charge is -2.26. The van der Waals surface area contributed by atoms with Gasteiger partial charge in [-0.3, -0.25) is 0 Å². The van der Waals surface area contributed by atoms with Crippen molar-refractivity contribution in [2.24, 2.45) is 0 Å². The van der Waals surface area contributed by atoms with E-state index in [1.54, 1.807) is 0 Å². The maximum atomic E-state index is 2.40. The van der Waals surface area contributed by atoms with Gasteiger partial charge in [-0.2, -0.15) is 0 Å². The smallest absolute Gasteiger partial charge is 0.0547 e. The van der Waals surface area contributed by atoms with E-state index in [4.69, 9.17) is 0 Å². The first-order valence-corrected chi connectivity index (χ1v) is 22.0. The number of anilines is 3. The van der Waals surface area contributed by atoms with Crippen LogP contribution in [0.4, 0.5) is 17.1 Å². The summed E-state index contributed by atoms with van der Waals surface area (Å²) in [6, 6.07) is 92.5. The van der Waals surface area contributed by atoms with Gasteiger partial charge in [0.25, 0.3) is 0 Å². The Morgan fingerprint density at radius 3 is 1.39 bits per heavy atom. The summed E-state index contributed by atoms with van der Waals surface area (Å²) >= 11 is 0. The van der Waals surface area contributed by atoms with Crippen LogP contribution in [0, 0.1) is 0 Å². The monoisotopic (exact) mass is 814 g/mol. The van der Waals surface area contributed by atoms with Crippen molar-refractivity contribution in [1.82, 2.24) is 4.57 Å². The zero-order valence-corrected chi connectivity index (χ0v) is 35.1. The fourth-order valence-electron chi connectivity index (χ4n) is 9.91. The topological polar surface area (TPSA) is 8.17 Å². The van der Waals surface area contributed by atoms with Gasteiger partial charge in [-0.05, 0) is 133 Å². The summed E-state index contributed by atoms with van der Waals surface area (Å²) in [5, 5.41) is 7.54. The Morgan fingerprint density at radius 1 is 0.266 bits per heavy atom. The molecular formula is C62H42N2. The van der Waals surface area contributed by atoms with E-state index in [-0.39, 0.29) is 0 Å². The third-order valence-corrected chi connectivity index (χ3v) is 12.8. The number of benzene rings is 11. The van der Waals surface area contributed by atoms with Gasteiger partial charge in [0.1, 0.15) is 0 Å². The molecule has 0 amide bonds. The van der Waals surface area contributed by atoms with Crippen LogP contribution < -0.4 is 4.90 Å². The van der Waals surface area contributed by atoms with Gasteiger partial charge in [-0.1, -0.05) is 188 Å². The molecule has 0 aliphatic carbocycles. The van der Waals surface area contributed by atoms with Gasteiger partial charge in [0.2, 0.25) is 0 Å². The van der Waals surface area contributed by atoms with Crippen molar-refractivity contribution in [3.63, 3.8) is 0 Å². The normalized spacial score (nSPS) is 11.4. The van der Waals surface area contributed by atoms with Crippen LogP contribution in [0.15, 0.2) is 255 Å². The van der Waals surface area contributed by atoms with Gasteiger partial charge in [0.15, 0.2) is 0 Å². The van der Waals surface area contributed by atoms with Crippen LogP contribution in [0.25, 0.3) is 93.5 Å². The number of nitrogens with zero attached hydrogens (tertiary/aromatic N) is 2.